The highest BCUT2D eigenvalue weighted by Gasteiger charge is 2.30. The SMILES string of the molecule is Cc1cc(S(=O)(=O)N2CCCC(C)(C)CC2)cc(N)c1Cl. The number of nitrogens with zero attached hydrogens (tertiary/aromatic N) is 1. The van der Waals surface area contributed by atoms with Gasteiger partial charge in [-0.15, -0.1) is 0 Å². The molecule has 118 valence electrons. The summed E-state index contributed by atoms with van der Waals surface area (Å²) in [5, 5.41) is 0.422. The lowest BCUT2D eigenvalue weighted by molar-refractivity contribution is 0.315. The quantitative estimate of drug-likeness (QED) is 0.845. The smallest absolute Gasteiger partial charge is 0.243 e. The van der Waals surface area contributed by atoms with E-state index in [4.69, 9.17) is 17.3 Å². The van der Waals surface area contributed by atoms with E-state index in [-0.39, 0.29) is 10.3 Å². The van der Waals surface area contributed by atoms with Crippen LogP contribution in [-0.4, -0.2) is 25.8 Å². The highest BCUT2D eigenvalue weighted by molar-refractivity contribution is 7.89. The summed E-state index contributed by atoms with van der Waals surface area (Å²) < 4.78 is 27.2. The molecule has 0 aromatic heterocycles. The van der Waals surface area contributed by atoms with Gasteiger partial charge in [0, 0.05) is 13.1 Å². The number of sulfonamides is 1. The van der Waals surface area contributed by atoms with Crippen LogP contribution < -0.4 is 5.73 Å². The molecule has 2 rings (SSSR count). The summed E-state index contributed by atoms with van der Waals surface area (Å²) in [4.78, 5) is 0.238. The Hall–Kier alpha value is -0.780. The molecule has 21 heavy (non-hydrogen) atoms. The van der Waals surface area contributed by atoms with E-state index in [9.17, 15) is 8.42 Å². The lowest BCUT2D eigenvalue weighted by atomic mass is 9.85. The molecule has 1 aliphatic heterocycles. The van der Waals surface area contributed by atoms with Gasteiger partial charge < -0.3 is 5.73 Å². The first kappa shape index (κ1) is 16.6. The fraction of sp³-hybridized carbons (Fsp3) is 0.600. The molecule has 2 N–H and O–H groups in total. The second kappa shape index (κ2) is 5.78. The summed E-state index contributed by atoms with van der Waals surface area (Å²) in [6, 6.07) is 3.06. The number of aryl methyl sites for hydroxylation is 1. The Morgan fingerprint density at radius 2 is 1.90 bits per heavy atom. The molecule has 1 heterocycles. The third-order valence-electron chi connectivity index (χ3n) is 4.19. The monoisotopic (exact) mass is 330 g/mol. The van der Waals surface area contributed by atoms with Crippen molar-refractivity contribution in [3.05, 3.63) is 22.7 Å². The largest absolute Gasteiger partial charge is 0.397 e. The molecule has 0 spiro atoms. The summed E-state index contributed by atoms with van der Waals surface area (Å²) in [6.45, 7) is 7.26. The van der Waals surface area contributed by atoms with Crippen LogP contribution in [0.5, 0.6) is 0 Å². The highest BCUT2D eigenvalue weighted by Crippen LogP contribution is 2.33. The molecule has 0 radical (unpaired) electrons. The van der Waals surface area contributed by atoms with Gasteiger partial charge in [0.15, 0.2) is 0 Å². The molecule has 1 aromatic carbocycles. The molecule has 1 saturated heterocycles. The van der Waals surface area contributed by atoms with Crippen molar-refractivity contribution in [1.29, 1.82) is 0 Å². The van der Waals surface area contributed by atoms with Crippen molar-refractivity contribution in [2.24, 2.45) is 5.41 Å². The van der Waals surface area contributed by atoms with Crippen LogP contribution in [-0.2, 0) is 10.0 Å². The van der Waals surface area contributed by atoms with Crippen LogP contribution in [0.25, 0.3) is 0 Å². The molecule has 6 heteroatoms. The molecular weight excluding hydrogens is 308 g/mol. The van der Waals surface area contributed by atoms with Crippen molar-refractivity contribution in [2.75, 3.05) is 18.8 Å². The second-order valence-corrected chi connectivity index (χ2v) is 8.88. The molecule has 0 amide bonds. The van der Waals surface area contributed by atoms with Crippen molar-refractivity contribution >= 4 is 27.3 Å². The Kier molecular flexibility index (Phi) is 4.57. The minimum absolute atomic E-state index is 0.194. The van der Waals surface area contributed by atoms with E-state index in [0.717, 1.165) is 19.3 Å². The van der Waals surface area contributed by atoms with Crippen LogP contribution in [0.4, 0.5) is 5.69 Å². The van der Waals surface area contributed by atoms with Gasteiger partial charge in [0.05, 0.1) is 15.6 Å². The summed E-state index contributed by atoms with van der Waals surface area (Å²) in [5.74, 6) is 0. The molecule has 0 unspecified atom stereocenters. The maximum atomic E-state index is 12.8. The van der Waals surface area contributed by atoms with Gasteiger partial charge in [-0.25, -0.2) is 8.42 Å². The van der Waals surface area contributed by atoms with Gasteiger partial charge in [-0.2, -0.15) is 4.31 Å². The minimum atomic E-state index is -3.50. The fourth-order valence-electron chi connectivity index (χ4n) is 2.70. The summed E-state index contributed by atoms with van der Waals surface area (Å²) in [7, 11) is -3.50. The van der Waals surface area contributed by atoms with Crippen LogP contribution in [0.15, 0.2) is 17.0 Å². The molecular formula is C15H23ClN2O2S. The lowest BCUT2D eigenvalue weighted by Crippen LogP contribution is -2.32. The Morgan fingerprint density at radius 1 is 1.24 bits per heavy atom. The summed E-state index contributed by atoms with van der Waals surface area (Å²) >= 11 is 6.02. The van der Waals surface area contributed by atoms with Gasteiger partial charge >= 0.3 is 0 Å². The number of anilines is 1. The molecule has 0 aliphatic carbocycles. The van der Waals surface area contributed by atoms with Gasteiger partial charge in [-0.3, -0.25) is 0 Å². The van der Waals surface area contributed by atoms with Crippen LogP contribution in [0.2, 0.25) is 5.02 Å². The van der Waals surface area contributed by atoms with Gasteiger partial charge in [-0.1, -0.05) is 25.4 Å². The number of benzene rings is 1. The van der Waals surface area contributed by atoms with E-state index in [2.05, 4.69) is 13.8 Å². The third kappa shape index (κ3) is 3.52. The molecule has 1 aromatic rings. The highest BCUT2D eigenvalue weighted by atomic mass is 35.5. The Balaban J connectivity index is 2.34. The van der Waals surface area contributed by atoms with Crippen LogP contribution in [0, 0.1) is 12.3 Å². The molecule has 4 nitrogen and oxygen atoms in total. The summed E-state index contributed by atoms with van der Waals surface area (Å²) in [5.41, 5.74) is 7.00. The van der Waals surface area contributed by atoms with E-state index in [1.807, 2.05) is 0 Å². The number of halogens is 1. The molecule has 0 saturated carbocycles. The average molecular weight is 331 g/mol. The predicted octanol–water partition coefficient (Wildman–Crippen LogP) is 3.43. The number of hydrogen-bond acceptors (Lipinski definition) is 3. The fourth-order valence-corrected chi connectivity index (χ4v) is 4.41. The standard InChI is InChI=1S/C15H23ClN2O2S/c1-11-9-12(10-13(17)14(11)16)21(19,20)18-7-4-5-15(2,3)6-8-18/h9-10H,4-8,17H2,1-3H3. The Bertz CT molecular complexity index is 618. The third-order valence-corrected chi connectivity index (χ3v) is 6.59. The zero-order valence-corrected chi connectivity index (χ0v) is 14.4. The topological polar surface area (TPSA) is 63.4 Å². The maximum absolute atomic E-state index is 12.8. The van der Waals surface area contributed by atoms with Crippen molar-refractivity contribution in [3.8, 4) is 0 Å². The number of nitrogen functional groups attached to an aromatic ring is 1. The van der Waals surface area contributed by atoms with Crippen LogP contribution in [0.1, 0.15) is 38.7 Å². The first-order chi connectivity index (χ1) is 9.63. The maximum Gasteiger partial charge on any atom is 0.243 e. The van der Waals surface area contributed by atoms with Crippen molar-refractivity contribution in [2.45, 2.75) is 44.9 Å². The van der Waals surface area contributed by atoms with Gasteiger partial charge in [0.1, 0.15) is 0 Å². The van der Waals surface area contributed by atoms with E-state index < -0.39 is 10.0 Å². The van der Waals surface area contributed by atoms with Crippen LogP contribution >= 0.6 is 11.6 Å². The van der Waals surface area contributed by atoms with E-state index in [0.29, 0.717) is 29.4 Å². The molecule has 1 aliphatic rings. The molecule has 0 bridgehead atoms. The second-order valence-electron chi connectivity index (χ2n) is 6.57. The van der Waals surface area contributed by atoms with Gasteiger partial charge in [-0.05, 0) is 49.3 Å². The van der Waals surface area contributed by atoms with E-state index in [1.54, 1.807) is 17.3 Å². The Labute approximate surface area is 132 Å². The zero-order valence-electron chi connectivity index (χ0n) is 12.8. The summed E-state index contributed by atoms with van der Waals surface area (Å²) in [6.07, 6.45) is 2.80. The van der Waals surface area contributed by atoms with Gasteiger partial charge in [0.25, 0.3) is 0 Å². The van der Waals surface area contributed by atoms with Crippen molar-refractivity contribution in [1.82, 2.24) is 4.31 Å². The van der Waals surface area contributed by atoms with E-state index in [1.165, 1.54) is 6.07 Å². The number of rotatable bonds is 2. The predicted molar refractivity (Wildman–Crippen MR) is 87.0 cm³/mol. The van der Waals surface area contributed by atoms with Gasteiger partial charge in [0.2, 0.25) is 10.0 Å². The van der Waals surface area contributed by atoms with Crippen molar-refractivity contribution in [3.63, 3.8) is 0 Å². The number of nitrogens with two attached hydrogens (primary N) is 1. The van der Waals surface area contributed by atoms with E-state index >= 15 is 0 Å². The normalized spacial score (nSPS) is 20.2. The first-order valence-electron chi connectivity index (χ1n) is 7.19. The Morgan fingerprint density at radius 3 is 2.52 bits per heavy atom. The lowest BCUT2D eigenvalue weighted by Gasteiger charge is -2.23. The number of hydrogen-bond donors (Lipinski definition) is 1. The minimum Gasteiger partial charge on any atom is -0.397 e. The first-order valence-corrected chi connectivity index (χ1v) is 9.01. The molecule has 1 fully saturated rings. The average Bonchev–Trinajstić information content (AvgIpc) is 2.56. The van der Waals surface area contributed by atoms with Crippen molar-refractivity contribution < 1.29 is 8.42 Å². The zero-order chi connectivity index (χ0) is 15.8. The molecule has 0 atom stereocenters. The van der Waals surface area contributed by atoms with Crippen LogP contribution in [0.3, 0.4) is 0 Å².